The lowest BCUT2D eigenvalue weighted by molar-refractivity contribution is -0.138. The van der Waals surface area contributed by atoms with Crippen LogP contribution in [0.25, 0.3) is 0 Å². The van der Waals surface area contributed by atoms with E-state index in [1.54, 1.807) is 13.0 Å². The van der Waals surface area contributed by atoms with Crippen LogP contribution in [0.1, 0.15) is 32.3 Å². The number of benzene rings is 2. The van der Waals surface area contributed by atoms with Crippen LogP contribution in [0.5, 0.6) is 5.75 Å². The first-order valence-corrected chi connectivity index (χ1v) is 9.59. The molecule has 0 spiro atoms. The van der Waals surface area contributed by atoms with Crippen LogP contribution in [0.2, 0.25) is 0 Å². The van der Waals surface area contributed by atoms with Gasteiger partial charge in [-0.05, 0) is 43.2 Å². The molecule has 0 saturated carbocycles. The van der Waals surface area contributed by atoms with E-state index < -0.39 is 0 Å². The summed E-state index contributed by atoms with van der Waals surface area (Å²) in [5.41, 5.74) is 7.47. The second kappa shape index (κ2) is 8.69. The lowest BCUT2D eigenvalue weighted by atomic mass is 10.1. The van der Waals surface area contributed by atoms with Crippen LogP contribution in [0.4, 0.5) is 17.1 Å². The molecule has 0 fully saturated rings. The molecule has 1 heterocycles. The molecule has 6 nitrogen and oxygen atoms in total. The number of hydrazine groups is 2. The fourth-order valence-electron chi connectivity index (χ4n) is 3.07. The molecule has 28 heavy (non-hydrogen) atoms. The van der Waals surface area contributed by atoms with E-state index in [-0.39, 0.29) is 18.3 Å². The Labute approximate surface area is 166 Å². The van der Waals surface area contributed by atoms with Crippen LogP contribution in [0.15, 0.2) is 54.6 Å². The zero-order valence-corrected chi connectivity index (χ0v) is 16.4. The van der Waals surface area contributed by atoms with Gasteiger partial charge in [0.05, 0.1) is 18.0 Å². The largest absolute Gasteiger partial charge is 0.506 e. The number of fused-ring (bicyclic) bond motifs is 1. The summed E-state index contributed by atoms with van der Waals surface area (Å²) in [6, 6.07) is 13.5. The van der Waals surface area contributed by atoms with Gasteiger partial charge >= 0.3 is 5.97 Å². The van der Waals surface area contributed by atoms with Gasteiger partial charge in [-0.25, -0.2) is 4.79 Å². The predicted octanol–water partition coefficient (Wildman–Crippen LogP) is 4.42. The number of nitrogens with one attached hydrogen (secondary N) is 1. The first-order chi connectivity index (χ1) is 13.5. The summed E-state index contributed by atoms with van der Waals surface area (Å²) in [7, 11) is 0. The van der Waals surface area contributed by atoms with Crippen molar-refractivity contribution < 1.29 is 14.6 Å². The molecule has 0 aromatic heterocycles. The molecule has 0 atom stereocenters. The van der Waals surface area contributed by atoms with Gasteiger partial charge in [0, 0.05) is 18.5 Å². The van der Waals surface area contributed by atoms with E-state index in [0.717, 1.165) is 36.3 Å². The fraction of sp³-hybridized carbons (Fsp3) is 0.318. The van der Waals surface area contributed by atoms with Gasteiger partial charge in [-0.15, -0.1) is 0 Å². The Balaban J connectivity index is 1.80. The Bertz CT molecular complexity index is 866. The SMILES string of the molecule is C=C(C)C(=O)OCCc1ccc(O)c(N2Nc3ccccc3N2CCCC)c1. The number of unbranched alkanes of at least 4 members (excludes halogenated alkanes) is 1. The van der Waals surface area contributed by atoms with Crippen molar-refractivity contribution >= 4 is 23.0 Å². The van der Waals surface area contributed by atoms with Crippen LogP contribution in [-0.2, 0) is 16.0 Å². The zero-order chi connectivity index (χ0) is 20.1. The fourth-order valence-corrected chi connectivity index (χ4v) is 3.07. The Kier molecular flexibility index (Phi) is 6.09. The average Bonchev–Trinajstić information content (AvgIpc) is 3.05. The molecule has 6 heteroatoms. The van der Waals surface area contributed by atoms with Crippen LogP contribution < -0.4 is 15.6 Å². The van der Waals surface area contributed by atoms with Crippen molar-refractivity contribution in [3.8, 4) is 5.75 Å². The van der Waals surface area contributed by atoms with E-state index in [2.05, 4.69) is 30.0 Å². The van der Waals surface area contributed by atoms with E-state index in [0.29, 0.717) is 17.7 Å². The molecule has 2 aromatic carbocycles. The molecule has 3 rings (SSSR count). The van der Waals surface area contributed by atoms with E-state index in [1.807, 2.05) is 35.4 Å². The monoisotopic (exact) mass is 381 g/mol. The van der Waals surface area contributed by atoms with Gasteiger partial charge in [0.1, 0.15) is 11.4 Å². The number of nitrogens with zero attached hydrogens (tertiary/aromatic N) is 2. The minimum atomic E-state index is -0.388. The lowest BCUT2D eigenvalue weighted by Gasteiger charge is -2.31. The molecular weight excluding hydrogens is 354 g/mol. The molecular formula is C22H27N3O3. The second-order valence-corrected chi connectivity index (χ2v) is 6.91. The third kappa shape index (κ3) is 4.22. The highest BCUT2D eigenvalue weighted by molar-refractivity contribution is 5.87. The lowest BCUT2D eigenvalue weighted by Crippen LogP contribution is -2.42. The minimum Gasteiger partial charge on any atom is -0.506 e. The number of para-hydroxylation sites is 2. The van der Waals surface area contributed by atoms with Gasteiger partial charge in [-0.3, -0.25) is 10.4 Å². The van der Waals surface area contributed by atoms with Crippen LogP contribution in [0, 0.1) is 0 Å². The summed E-state index contributed by atoms with van der Waals surface area (Å²) < 4.78 is 5.19. The zero-order valence-electron chi connectivity index (χ0n) is 16.4. The van der Waals surface area contributed by atoms with Crippen molar-refractivity contribution in [3.05, 3.63) is 60.2 Å². The smallest absolute Gasteiger partial charge is 0.333 e. The molecule has 0 aliphatic carbocycles. The van der Waals surface area contributed by atoms with Gasteiger partial charge < -0.3 is 9.84 Å². The number of carbonyl (C=O) groups excluding carboxylic acids is 1. The number of phenolic OH excluding ortho intramolecular Hbond substituents is 1. The average molecular weight is 381 g/mol. The van der Waals surface area contributed by atoms with Crippen molar-refractivity contribution in [2.75, 3.05) is 28.7 Å². The molecule has 0 saturated heterocycles. The van der Waals surface area contributed by atoms with Crippen LogP contribution >= 0.6 is 0 Å². The Morgan fingerprint density at radius 2 is 2.00 bits per heavy atom. The molecule has 0 bridgehead atoms. The van der Waals surface area contributed by atoms with Crippen LogP contribution in [-0.4, -0.2) is 24.2 Å². The van der Waals surface area contributed by atoms with E-state index in [1.165, 1.54) is 0 Å². The third-order valence-electron chi connectivity index (χ3n) is 4.61. The number of aromatic hydroxyl groups is 1. The number of esters is 1. The van der Waals surface area contributed by atoms with Crippen molar-refractivity contribution in [1.29, 1.82) is 0 Å². The quantitative estimate of drug-likeness (QED) is 0.521. The maximum absolute atomic E-state index is 11.5. The summed E-state index contributed by atoms with van der Waals surface area (Å²) >= 11 is 0. The number of carbonyl (C=O) groups is 1. The van der Waals surface area contributed by atoms with Crippen molar-refractivity contribution in [2.24, 2.45) is 0 Å². The highest BCUT2D eigenvalue weighted by atomic mass is 16.5. The molecule has 0 amide bonds. The summed E-state index contributed by atoms with van der Waals surface area (Å²) in [6.45, 7) is 8.47. The molecule has 1 aliphatic heterocycles. The Morgan fingerprint density at radius 1 is 1.21 bits per heavy atom. The first kappa shape index (κ1) is 19.6. The van der Waals surface area contributed by atoms with E-state index in [9.17, 15) is 9.90 Å². The highest BCUT2D eigenvalue weighted by Crippen LogP contribution is 2.39. The molecule has 2 aromatic rings. The molecule has 0 radical (unpaired) electrons. The number of hydrogen-bond donors (Lipinski definition) is 2. The standard InChI is InChI=1S/C22H27N3O3/c1-4-5-13-24-19-9-7-6-8-18(19)23-25(24)20-15-17(10-11-21(20)26)12-14-28-22(27)16(2)3/h6-11,15,23,26H,2,4-5,12-14H2,1,3H3. The molecule has 148 valence electrons. The van der Waals surface area contributed by atoms with Crippen molar-refractivity contribution in [2.45, 2.75) is 33.1 Å². The highest BCUT2D eigenvalue weighted by Gasteiger charge is 2.28. The number of hydrogen-bond acceptors (Lipinski definition) is 6. The van der Waals surface area contributed by atoms with Crippen LogP contribution in [0.3, 0.4) is 0 Å². The Morgan fingerprint density at radius 3 is 2.75 bits per heavy atom. The van der Waals surface area contributed by atoms with Gasteiger partial charge in [0.15, 0.2) is 0 Å². The van der Waals surface area contributed by atoms with Gasteiger partial charge in [-0.2, -0.15) is 5.12 Å². The normalized spacial score (nSPS) is 12.5. The first-order valence-electron chi connectivity index (χ1n) is 9.59. The van der Waals surface area contributed by atoms with E-state index in [4.69, 9.17) is 4.74 Å². The number of rotatable bonds is 8. The number of ether oxygens (including phenoxy) is 1. The Hall–Kier alpha value is -3.15. The summed E-state index contributed by atoms with van der Waals surface area (Å²) in [5, 5.41) is 14.5. The second-order valence-electron chi connectivity index (χ2n) is 6.91. The van der Waals surface area contributed by atoms with Gasteiger partial charge in [0.2, 0.25) is 0 Å². The van der Waals surface area contributed by atoms with Crippen molar-refractivity contribution in [3.63, 3.8) is 0 Å². The maximum atomic E-state index is 11.5. The number of anilines is 3. The van der Waals surface area contributed by atoms with Crippen molar-refractivity contribution in [1.82, 2.24) is 0 Å². The molecule has 0 unspecified atom stereocenters. The summed E-state index contributed by atoms with van der Waals surface area (Å²) in [6.07, 6.45) is 2.67. The summed E-state index contributed by atoms with van der Waals surface area (Å²) in [4.78, 5) is 11.5. The van der Waals surface area contributed by atoms with E-state index >= 15 is 0 Å². The topological polar surface area (TPSA) is 65.0 Å². The summed E-state index contributed by atoms with van der Waals surface area (Å²) in [5.74, 6) is -0.203. The molecule has 2 N–H and O–H groups in total. The predicted molar refractivity (Wildman–Crippen MR) is 112 cm³/mol. The number of phenols is 1. The minimum absolute atomic E-state index is 0.185. The third-order valence-corrected chi connectivity index (χ3v) is 4.61. The molecule has 1 aliphatic rings. The van der Waals surface area contributed by atoms with Gasteiger partial charge in [-0.1, -0.05) is 38.1 Å². The van der Waals surface area contributed by atoms with Gasteiger partial charge in [0.25, 0.3) is 0 Å². The maximum Gasteiger partial charge on any atom is 0.333 e.